The fraction of sp³-hybridized carbons (Fsp3) is 0.333. The van der Waals surface area contributed by atoms with Gasteiger partial charge in [-0.1, -0.05) is 29.8 Å². The Morgan fingerprint density at radius 3 is 2.77 bits per heavy atom. The van der Waals surface area contributed by atoms with Crippen molar-refractivity contribution in [1.29, 1.82) is 0 Å². The summed E-state index contributed by atoms with van der Waals surface area (Å²) in [6.45, 7) is 4.95. The lowest BCUT2D eigenvalue weighted by Crippen LogP contribution is -2.46. The van der Waals surface area contributed by atoms with E-state index < -0.39 is 10.5 Å². The molecule has 0 saturated carbocycles. The van der Waals surface area contributed by atoms with Crippen LogP contribution >= 0.6 is 11.6 Å². The molecular weight excluding hydrogens is 406 g/mol. The van der Waals surface area contributed by atoms with Crippen molar-refractivity contribution >= 4 is 17.4 Å². The van der Waals surface area contributed by atoms with Gasteiger partial charge in [-0.2, -0.15) is 0 Å². The number of aromatic nitrogens is 3. The molecule has 0 unspecified atom stereocenters. The van der Waals surface area contributed by atoms with Crippen molar-refractivity contribution in [2.45, 2.75) is 32.0 Å². The molecule has 2 aliphatic rings. The van der Waals surface area contributed by atoms with E-state index in [1.807, 2.05) is 37.3 Å². The van der Waals surface area contributed by atoms with Gasteiger partial charge in [-0.05, 0) is 35.6 Å². The molecule has 9 heteroatoms. The van der Waals surface area contributed by atoms with E-state index in [1.54, 1.807) is 4.57 Å². The van der Waals surface area contributed by atoms with Gasteiger partial charge in [0.15, 0.2) is 0 Å². The standard InChI is InChI=1S/C21H20ClN5O3/c1-21(13-26-11-19(27(28)29)24-20(26)30-21)12-25-9-8-18-15(10-25)4-7-17(23-18)14-2-5-16(22)6-3-14/h2-7,11H,8-10,12-13H2,1H3/t21-/m0/s1. The van der Waals surface area contributed by atoms with Crippen LogP contribution in [0.25, 0.3) is 11.3 Å². The van der Waals surface area contributed by atoms with Crippen LogP contribution < -0.4 is 4.74 Å². The van der Waals surface area contributed by atoms with Crippen LogP contribution in [-0.2, 0) is 19.5 Å². The van der Waals surface area contributed by atoms with E-state index in [9.17, 15) is 10.1 Å². The summed E-state index contributed by atoms with van der Waals surface area (Å²) in [5.41, 5.74) is 3.89. The highest BCUT2D eigenvalue weighted by atomic mass is 35.5. The van der Waals surface area contributed by atoms with Crippen molar-refractivity contribution in [2.24, 2.45) is 0 Å². The summed E-state index contributed by atoms with van der Waals surface area (Å²) in [7, 11) is 0. The van der Waals surface area contributed by atoms with E-state index in [-0.39, 0.29) is 5.82 Å². The van der Waals surface area contributed by atoms with E-state index in [4.69, 9.17) is 21.3 Å². The van der Waals surface area contributed by atoms with Gasteiger partial charge in [-0.25, -0.2) is 0 Å². The molecule has 0 aliphatic carbocycles. The number of fused-ring (bicyclic) bond motifs is 2. The van der Waals surface area contributed by atoms with Gasteiger partial charge in [0.1, 0.15) is 11.8 Å². The Kier molecular flexibility index (Phi) is 4.48. The predicted octanol–water partition coefficient (Wildman–Crippen LogP) is 3.72. The van der Waals surface area contributed by atoms with Crippen molar-refractivity contribution in [2.75, 3.05) is 13.1 Å². The van der Waals surface area contributed by atoms with Crippen molar-refractivity contribution in [3.8, 4) is 17.3 Å². The molecule has 0 amide bonds. The molecule has 2 aromatic heterocycles. The SMILES string of the molecule is C[C@]1(CN2CCc3nc(-c4ccc(Cl)cc4)ccc3C2)Cn2cc([N+](=O)[O-])nc2O1. The maximum Gasteiger partial charge on any atom is 0.415 e. The van der Waals surface area contributed by atoms with Gasteiger partial charge in [0.05, 0.1) is 12.2 Å². The Morgan fingerprint density at radius 2 is 2.03 bits per heavy atom. The third kappa shape index (κ3) is 3.53. The second-order valence-electron chi connectivity index (χ2n) is 8.09. The Bertz CT molecular complexity index is 1100. The molecule has 1 atom stereocenters. The number of halogens is 1. The quantitative estimate of drug-likeness (QED) is 0.467. The van der Waals surface area contributed by atoms with Gasteiger partial charge in [0.25, 0.3) is 0 Å². The average molecular weight is 426 g/mol. The van der Waals surface area contributed by atoms with Crippen LogP contribution in [0.15, 0.2) is 42.6 Å². The first-order valence-corrected chi connectivity index (χ1v) is 10.1. The van der Waals surface area contributed by atoms with E-state index in [0.29, 0.717) is 24.1 Å². The van der Waals surface area contributed by atoms with Crippen molar-refractivity contribution in [1.82, 2.24) is 19.4 Å². The summed E-state index contributed by atoms with van der Waals surface area (Å²) in [4.78, 5) is 21.6. The third-order valence-corrected chi connectivity index (χ3v) is 5.83. The minimum atomic E-state index is -0.501. The molecule has 30 heavy (non-hydrogen) atoms. The fourth-order valence-corrected chi connectivity index (χ4v) is 4.35. The average Bonchev–Trinajstić information content (AvgIpc) is 3.23. The van der Waals surface area contributed by atoms with E-state index in [1.165, 1.54) is 11.8 Å². The number of hydrogen-bond donors (Lipinski definition) is 0. The highest BCUT2D eigenvalue weighted by Crippen LogP contribution is 2.32. The van der Waals surface area contributed by atoms with Crippen molar-refractivity contribution in [3.05, 3.63) is 69.0 Å². The number of hydrogen-bond acceptors (Lipinski definition) is 6. The van der Waals surface area contributed by atoms with Gasteiger partial charge < -0.3 is 14.9 Å². The molecule has 0 N–H and O–H groups in total. The van der Waals surface area contributed by atoms with E-state index >= 15 is 0 Å². The summed E-state index contributed by atoms with van der Waals surface area (Å²) in [6.07, 6.45) is 2.30. The van der Waals surface area contributed by atoms with Crippen LogP contribution in [-0.4, -0.2) is 43.0 Å². The van der Waals surface area contributed by atoms with Crippen LogP contribution in [0.2, 0.25) is 5.02 Å². The second kappa shape index (κ2) is 7.07. The monoisotopic (exact) mass is 425 g/mol. The maximum absolute atomic E-state index is 10.9. The zero-order valence-electron chi connectivity index (χ0n) is 16.4. The topological polar surface area (TPSA) is 86.3 Å². The van der Waals surface area contributed by atoms with Crippen molar-refractivity contribution < 1.29 is 9.66 Å². The summed E-state index contributed by atoms with van der Waals surface area (Å²) in [5.74, 6) is -0.179. The Morgan fingerprint density at radius 1 is 1.23 bits per heavy atom. The zero-order chi connectivity index (χ0) is 20.9. The number of imidazole rings is 1. The molecule has 0 saturated heterocycles. The number of nitro groups is 1. The van der Waals surface area contributed by atoms with Gasteiger partial charge in [0, 0.05) is 47.3 Å². The highest BCUT2D eigenvalue weighted by molar-refractivity contribution is 6.30. The number of nitrogens with zero attached hydrogens (tertiary/aromatic N) is 5. The molecular formula is C21H20ClN5O3. The maximum atomic E-state index is 10.9. The fourth-order valence-electron chi connectivity index (χ4n) is 4.23. The van der Waals surface area contributed by atoms with E-state index in [2.05, 4.69) is 16.0 Å². The molecule has 2 aliphatic heterocycles. The molecule has 0 spiro atoms. The van der Waals surface area contributed by atoms with Crippen LogP contribution in [0.1, 0.15) is 18.2 Å². The minimum Gasteiger partial charge on any atom is -0.436 e. The van der Waals surface area contributed by atoms with Crippen molar-refractivity contribution in [3.63, 3.8) is 0 Å². The molecule has 0 fully saturated rings. The molecule has 0 radical (unpaired) electrons. The molecule has 154 valence electrons. The zero-order valence-corrected chi connectivity index (χ0v) is 17.2. The molecule has 8 nitrogen and oxygen atoms in total. The molecule has 3 aromatic rings. The predicted molar refractivity (Wildman–Crippen MR) is 112 cm³/mol. The summed E-state index contributed by atoms with van der Waals surface area (Å²) < 4.78 is 7.70. The van der Waals surface area contributed by atoms with Crippen LogP contribution in [0.5, 0.6) is 6.01 Å². The number of ether oxygens (including phenoxy) is 1. The summed E-state index contributed by atoms with van der Waals surface area (Å²) >= 11 is 5.98. The Balaban J connectivity index is 1.27. The smallest absolute Gasteiger partial charge is 0.415 e. The first-order valence-electron chi connectivity index (χ1n) is 9.76. The Hall–Kier alpha value is -2.97. The Labute approximate surface area is 178 Å². The molecule has 0 bridgehead atoms. The first-order chi connectivity index (χ1) is 14.4. The lowest BCUT2D eigenvalue weighted by atomic mass is 10.0. The summed E-state index contributed by atoms with van der Waals surface area (Å²) in [6, 6.07) is 12.2. The van der Waals surface area contributed by atoms with Crippen LogP contribution in [0.4, 0.5) is 5.82 Å². The number of pyridine rings is 1. The lowest BCUT2D eigenvalue weighted by molar-refractivity contribution is -0.389. The lowest BCUT2D eigenvalue weighted by Gasteiger charge is -2.34. The van der Waals surface area contributed by atoms with E-state index in [0.717, 1.165) is 36.5 Å². The number of benzene rings is 1. The minimum absolute atomic E-state index is 0.179. The van der Waals surface area contributed by atoms with Gasteiger partial charge in [-0.3, -0.25) is 14.5 Å². The van der Waals surface area contributed by atoms with Gasteiger partial charge in [0.2, 0.25) is 0 Å². The second-order valence-corrected chi connectivity index (χ2v) is 8.52. The molecule has 1 aromatic carbocycles. The van der Waals surface area contributed by atoms with Gasteiger partial charge in [-0.15, -0.1) is 0 Å². The normalized spacial score (nSPS) is 20.5. The molecule has 5 rings (SSSR count). The number of rotatable bonds is 4. The third-order valence-electron chi connectivity index (χ3n) is 5.58. The first kappa shape index (κ1) is 19.0. The molecule has 4 heterocycles. The van der Waals surface area contributed by atoms with Crippen LogP contribution in [0.3, 0.4) is 0 Å². The summed E-state index contributed by atoms with van der Waals surface area (Å²) in [5, 5.41) is 11.6. The highest BCUT2D eigenvalue weighted by Gasteiger charge is 2.41. The van der Waals surface area contributed by atoms with Crippen LogP contribution in [0, 0.1) is 10.1 Å². The van der Waals surface area contributed by atoms with Gasteiger partial charge >= 0.3 is 11.8 Å². The largest absolute Gasteiger partial charge is 0.436 e.